The minimum Gasteiger partial charge on any atom is -0.449 e. The molecule has 0 aromatic heterocycles. The molecule has 8 atom stereocenters. The van der Waals surface area contributed by atoms with Crippen molar-refractivity contribution in [1.82, 2.24) is 0 Å². The average molecular weight is 384 g/mol. The van der Waals surface area contributed by atoms with E-state index in [9.17, 15) is 39.9 Å². The molecule has 1 aliphatic rings. The van der Waals surface area contributed by atoms with Crippen LogP contribution < -0.4 is 0 Å². The second-order valence-corrected chi connectivity index (χ2v) is 5.51. The highest BCUT2D eigenvalue weighted by Crippen LogP contribution is 2.20. The maximum Gasteiger partial charge on any atom is 0.379 e. The van der Waals surface area contributed by atoms with Crippen molar-refractivity contribution in [2.24, 2.45) is 0 Å². The number of Topliss-reactive ketones (excluding diaryl/α,β-unsaturated/α-hetero) is 1. The fourth-order valence-corrected chi connectivity index (χ4v) is 2.07. The van der Waals surface area contributed by atoms with Crippen LogP contribution in [0.25, 0.3) is 0 Å². The molecule has 0 radical (unpaired) electrons. The van der Waals surface area contributed by atoms with Crippen LogP contribution in [0.3, 0.4) is 0 Å². The summed E-state index contributed by atoms with van der Waals surface area (Å²) in [4.78, 5) is 34.6. The highest BCUT2D eigenvalue weighted by Gasteiger charge is 2.51. The van der Waals surface area contributed by atoms with Crippen LogP contribution in [0.4, 0.5) is 0 Å². The highest BCUT2D eigenvalue weighted by molar-refractivity contribution is 6.37. The molecule has 1 aliphatic heterocycles. The van der Waals surface area contributed by atoms with E-state index in [2.05, 4.69) is 9.47 Å². The number of ketones is 1. The van der Waals surface area contributed by atoms with Crippen molar-refractivity contribution < 1.29 is 64.7 Å². The monoisotopic (exact) mass is 384 g/mol. The molecule has 1 heterocycles. The van der Waals surface area contributed by atoms with E-state index >= 15 is 0 Å². The Morgan fingerprint density at radius 1 is 0.962 bits per heavy atom. The normalized spacial score (nSPS) is 27.2. The lowest BCUT2D eigenvalue weighted by atomic mass is 9.99. The van der Waals surface area contributed by atoms with Gasteiger partial charge in [-0.25, -0.2) is 9.59 Å². The van der Waals surface area contributed by atoms with Crippen LogP contribution >= 0.6 is 0 Å². The smallest absolute Gasteiger partial charge is 0.379 e. The minimum absolute atomic E-state index is 0.950. The Labute approximate surface area is 145 Å². The van der Waals surface area contributed by atoms with Crippen molar-refractivity contribution in [3.05, 3.63) is 0 Å². The van der Waals surface area contributed by atoms with Crippen LogP contribution in [0, 0.1) is 0 Å². The fraction of sp³-hybridized carbons (Fsp3) is 0.769. The van der Waals surface area contributed by atoms with Gasteiger partial charge in [0.05, 0.1) is 13.2 Å². The first-order valence-corrected chi connectivity index (χ1v) is 7.32. The third-order valence-corrected chi connectivity index (χ3v) is 3.66. The largest absolute Gasteiger partial charge is 0.449 e. The molecule has 0 aromatic rings. The molecule has 1 fully saturated rings. The van der Waals surface area contributed by atoms with E-state index in [1.54, 1.807) is 0 Å². The Morgan fingerprint density at radius 2 is 1.54 bits per heavy atom. The molecule has 0 spiro atoms. The number of esters is 2. The lowest BCUT2D eigenvalue weighted by Crippen LogP contribution is -2.53. The van der Waals surface area contributed by atoms with E-state index in [1.807, 2.05) is 0 Å². The second kappa shape index (κ2) is 9.29. The lowest BCUT2D eigenvalue weighted by Gasteiger charge is -2.28. The Balaban J connectivity index is 2.81. The third-order valence-electron chi connectivity index (χ3n) is 3.66. The standard InChI is InChI=1S/C13H20O13/c14-1-3(16)5(18)6(19)7(20)8(21)12(23)26-11-9(22)13(24)25-10(11)4(17)2-15/h3-8,10-11,14-21H,1-2H2/t3-,4+,5+,6-,7-,8-,10-,11?/m1/s1. The lowest BCUT2D eigenvalue weighted by molar-refractivity contribution is -0.184. The number of hydrogen-bond acceptors (Lipinski definition) is 13. The summed E-state index contributed by atoms with van der Waals surface area (Å²) in [6, 6.07) is 0. The van der Waals surface area contributed by atoms with Crippen LogP contribution in [0.2, 0.25) is 0 Å². The van der Waals surface area contributed by atoms with Gasteiger partial charge < -0.3 is 50.3 Å². The summed E-state index contributed by atoms with van der Waals surface area (Å²) in [5.41, 5.74) is 0. The first-order chi connectivity index (χ1) is 12.1. The Hall–Kier alpha value is -1.71. The summed E-state index contributed by atoms with van der Waals surface area (Å²) in [5.74, 6) is -4.58. The number of ether oxygens (including phenoxy) is 2. The van der Waals surface area contributed by atoms with Crippen LogP contribution in [0.15, 0.2) is 0 Å². The van der Waals surface area contributed by atoms with Gasteiger partial charge >= 0.3 is 11.9 Å². The number of aliphatic hydroxyl groups is 8. The van der Waals surface area contributed by atoms with Crippen molar-refractivity contribution in [1.29, 1.82) is 0 Å². The summed E-state index contributed by atoms with van der Waals surface area (Å²) >= 11 is 0. The van der Waals surface area contributed by atoms with Gasteiger partial charge in [0.2, 0.25) is 6.10 Å². The quantitative estimate of drug-likeness (QED) is 0.137. The molecule has 13 heteroatoms. The number of rotatable bonds is 9. The molecule has 0 aliphatic carbocycles. The van der Waals surface area contributed by atoms with Gasteiger partial charge in [0, 0.05) is 0 Å². The Kier molecular flexibility index (Phi) is 7.98. The van der Waals surface area contributed by atoms with Gasteiger partial charge in [0.25, 0.3) is 5.78 Å². The predicted molar refractivity (Wildman–Crippen MR) is 75.0 cm³/mol. The zero-order valence-corrected chi connectivity index (χ0v) is 13.2. The van der Waals surface area contributed by atoms with Gasteiger partial charge in [-0.3, -0.25) is 4.79 Å². The van der Waals surface area contributed by atoms with Gasteiger partial charge in [0.1, 0.15) is 30.5 Å². The maximum atomic E-state index is 11.8. The van der Waals surface area contributed by atoms with Crippen LogP contribution in [0.5, 0.6) is 0 Å². The van der Waals surface area contributed by atoms with E-state index in [0.717, 1.165) is 0 Å². The maximum absolute atomic E-state index is 11.8. The van der Waals surface area contributed by atoms with Gasteiger partial charge in [-0.15, -0.1) is 0 Å². The first-order valence-electron chi connectivity index (χ1n) is 7.32. The van der Waals surface area contributed by atoms with E-state index < -0.39 is 79.8 Å². The summed E-state index contributed by atoms with van der Waals surface area (Å²) in [7, 11) is 0. The predicted octanol–water partition coefficient (Wildman–Crippen LogP) is -6.46. The summed E-state index contributed by atoms with van der Waals surface area (Å²) in [6.07, 6.45) is -16.8. The van der Waals surface area contributed by atoms with Crippen molar-refractivity contribution in [3.8, 4) is 0 Å². The van der Waals surface area contributed by atoms with Crippen molar-refractivity contribution in [2.45, 2.75) is 48.8 Å². The summed E-state index contributed by atoms with van der Waals surface area (Å²) in [5, 5.41) is 74.5. The highest BCUT2D eigenvalue weighted by atomic mass is 16.6. The fourth-order valence-electron chi connectivity index (χ4n) is 2.07. The zero-order valence-electron chi connectivity index (χ0n) is 13.2. The number of cyclic esters (lactones) is 1. The number of carbonyl (C=O) groups is 3. The second-order valence-electron chi connectivity index (χ2n) is 5.51. The topological polar surface area (TPSA) is 232 Å². The molecule has 0 aromatic carbocycles. The molecule has 1 rings (SSSR count). The van der Waals surface area contributed by atoms with E-state index in [-0.39, 0.29) is 0 Å². The molecule has 0 amide bonds. The average Bonchev–Trinajstić information content (AvgIpc) is 2.92. The molecule has 1 unspecified atom stereocenters. The number of aliphatic hydroxyl groups excluding tert-OH is 8. The van der Waals surface area contributed by atoms with Crippen molar-refractivity contribution in [2.75, 3.05) is 13.2 Å². The van der Waals surface area contributed by atoms with Crippen molar-refractivity contribution >= 4 is 17.7 Å². The third kappa shape index (κ3) is 4.72. The number of hydrogen-bond donors (Lipinski definition) is 8. The SMILES string of the molecule is O=C1O[C@H]([C@@H](O)CO)C(OC(=O)[C@H](O)[C@H](O)[C@H](O)[C@@H](O)[C@H](O)CO)C1=O. The Morgan fingerprint density at radius 3 is 2.04 bits per heavy atom. The molecule has 0 saturated carbocycles. The molecule has 1 saturated heterocycles. The van der Waals surface area contributed by atoms with Gasteiger partial charge in [0.15, 0.2) is 12.2 Å². The van der Waals surface area contributed by atoms with Crippen molar-refractivity contribution in [3.63, 3.8) is 0 Å². The molecular formula is C13H20O13. The van der Waals surface area contributed by atoms with Crippen LogP contribution in [-0.2, 0) is 23.9 Å². The zero-order chi connectivity index (χ0) is 20.2. The molecule has 150 valence electrons. The first kappa shape index (κ1) is 22.3. The van der Waals surface area contributed by atoms with E-state index in [4.69, 9.17) is 15.3 Å². The molecule has 13 nitrogen and oxygen atoms in total. The number of carbonyl (C=O) groups excluding carboxylic acids is 3. The van der Waals surface area contributed by atoms with E-state index in [0.29, 0.717) is 0 Å². The van der Waals surface area contributed by atoms with Gasteiger partial charge in [-0.1, -0.05) is 0 Å². The van der Waals surface area contributed by atoms with Gasteiger partial charge in [-0.05, 0) is 0 Å². The molecule has 26 heavy (non-hydrogen) atoms. The molecular weight excluding hydrogens is 364 g/mol. The van der Waals surface area contributed by atoms with Crippen LogP contribution in [0.1, 0.15) is 0 Å². The molecule has 0 bridgehead atoms. The minimum atomic E-state index is -2.54. The molecule has 8 N–H and O–H groups in total. The summed E-state index contributed by atoms with van der Waals surface area (Å²) in [6.45, 7) is -1.95. The Bertz CT molecular complexity index is 522. The van der Waals surface area contributed by atoms with Crippen LogP contribution in [-0.4, -0.2) is 121 Å². The van der Waals surface area contributed by atoms with E-state index in [1.165, 1.54) is 0 Å². The van der Waals surface area contributed by atoms with Gasteiger partial charge in [-0.2, -0.15) is 0 Å². The summed E-state index contributed by atoms with van der Waals surface area (Å²) < 4.78 is 8.95.